The predicted molar refractivity (Wildman–Crippen MR) is 290 cm³/mol. The summed E-state index contributed by atoms with van der Waals surface area (Å²) in [5, 5.41) is 5.58. The Labute approximate surface area is 456 Å². The first-order valence-corrected chi connectivity index (χ1v) is 26.3. The summed E-state index contributed by atoms with van der Waals surface area (Å²) in [6.45, 7) is 7.91. The SMILES string of the molecule is CN(CC1CCN(CCOc2ccc(C(F)(F)F)cc2)CC1)C(c1ccc(Cl)cc1)c1ccccn1.CN(CC1CCNCC1)C(c1ccc(Cl)cc1)c1ccccn1.Cl.FC(F)(F)c1ccc(OCCBr)cc1. The molecule has 2 aliphatic heterocycles. The number of hydrogen-bond donors (Lipinski definition) is 1. The minimum Gasteiger partial charge on any atom is -0.493 e. The third-order valence-corrected chi connectivity index (χ3v) is 13.7. The van der Waals surface area contributed by atoms with Crippen LogP contribution in [0.1, 0.15) is 71.4 Å². The van der Waals surface area contributed by atoms with E-state index >= 15 is 0 Å². The van der Waals surface area contributed by atoms with Gasteiger partial charge in [-0.15, -0.1) is 12.4 Å². The van der Waals surface area contributed by atoms with Gasteiger partial charge in [0, 0.05) is 47.4 Å². The summed E-state index contributed by atoms with van der Waals surface area (Å²) in [7, 11) is 4.36. The Kier molecular flexibility index (Phi) is 24.8. The number of halogens is 10. The fourth-order valence-corrected chi connectivity index (χ4v) is 9.49. The van der Waals surface area contributed by atoms with Gasteiger partial charge in [0.15, 0.2) is 0 Å². The molecule has 2 aromatic heterocycles. The molecular weight excluding hydrogens is 1090 g/mol. The van der Waals surface area contributed by atoms with Gasteiger partial charge in [-0.1, -0.05) is 75.5 Å². The smallest absolute Gasteiger partial charge is 0.416 e. The molecule has 4 aromatic carbocycles. The lowest BCUT2D eigenvalue weighted by molar-refractivity contribution is -0.138. The van der Waals surface area contributed by atoms with Gasteiger partial charge < -0.3 is 14.8 Å². The third kappa shape index (κ3) is 19.6. The first-order valence-electron chi connectivity index (χ1n) is 24.4. The maximum atomic E-state index is 12.7. The summed E-state index contributed by atoms with van der Waals surface area (Å²) in [6.07, 6.45) is -0.245. The zero-order valence-corrected chi connectivity index (χ0v) is 45.3. The van der Waals surface area contributed by atoms with Crippen LogP contribution in [-0.2, 0) is 12.4 Å². The first kappa shape index (κ1) is 60.4. The van der Waals surface area contributed by atoms with Crippen LogP contribution >= 0.6 is 51.5 Å². The molecule has 74 heavy (non-hydrogen) atoms. The normalized spacial score (nSPS) is 15.5. The predicted octanol–water partition coefficient (Wildman–Crippen LogP) is 14.2. The third-order valence-electron chi connectivity index (χ3n) is 12.8. The van der Waals surface area contributed by atoms with Crippen LogP contribution in [0.2, 0.25) is 10.0 Å². The van der Waals surface area contributed by atoms with Crippen LogP contribution in [0, 0.1) is 11.8 Å². The molecule has 0 spiro atoms. The average molecular weight is 1150 g/mol. The van der Waals surface area contributed by atoms with Gasteiger partial charge in [-0.05, 0) is 186 Å². The van der Waals surface area contributed by atoms with Gasteiger partial charge in [0.25, 0.3) is 0 Å². The second-order valence-electron chi connectivity index (χ2n) is 18.2. The van der Waals surface area contributed by atoms with E-state index in [2.05, 4.69) is 102 Å². The number of alkyl halides is 7. The Morgan fingerprint density at radius 3 is 1.38 bits per heavy atom. The lowest BCUT2D eigenvalue weighted by Crippen LogP contribution is -2.40. The molecule has 0 amide bonds. The van der Waals surface area contributed by atoms with Crippen LogP contribution < -0.4 is 14.8 Å². The zero-order chi connectivity index (χ0) is 52.2. The zero-order valence-electron chi connectivity index (χ0n) is 41.4. The topological polar surface area (TPSA) is 66.0 Å². The van der Waals surface area contributed by atoms with Crippen LogP contribution in [0.3, 0.4) is 0 Å². The Bertz CT molecular complexity index is 2470. The molecule has 0 saturated carbocycles. The molecule has 4 heterocycles. The molecule has 18 heteroatoms. The highest BCUT2D eigenvalue weighted by molar-refractivity contribution is 9.09. The van der Waals surface area contributed by atoms with Gasteiger partial charge in [0.05, 0.1) is 41.2 Å². The Balaban J connectivity index is 0.000000227. The van der Waals surface area contributed by atoms with Crippen molar-refractivity contribution >= 4 is 51.5 Å². The van der Waals surface area contributed by atoms with Crippen molar-refractivity contribution in [3.05, 3.63) is 190 Å². The molecule has 8 rings (SSSR count). The molecule has 0 radical (unpaired) electrons. The molecule has 8 nitrogen and oxygen atoms in total. The highest BCUT2D eigenvalue weighted by Crippen LogP contribution is 2.34. The Morgan fingerprint density at radius 1 is 0.595 bits per heavy atom. The molecule has 2 aliphatic rings. The number of nitrogens with one attached hydrogen (secondary N) is 1. The van der Waals surface area contributed by atoms with Crippen LogP contribution in [0.25, 0.3) is 0 Å². The van der Waals surface area contributed by atoms with E-state index in [4.69, 9.17) is 32.7 Å². The van der Waals surface area contributed by atoms with E-state index in [-0.39, 0.29) is 24.5 Å². The molecule has 2 unspecified atom stereocenters. The molecule has 2 saturated heterocycles. The van der Waals surface area contributed by atoms with Gasteiger partial charge in [0.2, 0.25) is 0 Å². The van der Waals surface area contributed by atoms with Gasteiger partial charge in [0.1, 0.15) is 18.1 Å². The van der Waals surface area contributed by atoms with Crippen molar-refractivity contribution in [3.8, 4) is 11.5 Å². The number of hydrogen-bond acceptors (Lipinski definition) is 8. The first-order chi connectivity index (χ1) is 35.1. The van der Waals surface area contributed by atoms with E-state index in [1.54, 1.807) is 0 Å². The number of rotatable bonds is 17. The van der Waals surface area contributed by atoms with Crippen molar-refractivity contribution in [2.75, 3.05) is 78.5 Å². The fraction of sp³-hybridized carbons (Fsp3) is 0.393. The summed E-state index contributed by atoms with van der Waals surface area (Å²) in [5.74, 6) is 2.22. The van der Waals surface area contributed by atoms with E-state index < -0.39 is 23.5 Å². The second kappa shape index (κ2) is 30.3. The second-order valence-corrected chi connectivity index (χ2v) is 19.9. The van der Waals surface area contributed by atoms with E-state index in [1.807, 2.05) is 54.9 Å². The van der Waals surface area contributed by atoms with E-state index in [9.17, 15) is 26.3 Å². The molecule has 0 bridgehead atoms. The summed E-state index contributed by atoms with van der Waals surface area (Å²) >= 11 is 15.3. The van der Waals surface area contributed by atoms with Crippen LogP contribution in [-0.4, -0.2) is 103 Å². The van der Waals surface area contributed by atoms with E-state index in [1.165, 1.54) is 48.2 Å². The monoisotopic (exact) mass is 1150 g/mol. The summed E-state index contributed by atoms with van der Waals surface area (Å²) in [4.78, 5) is 16.4. The van der Waals surface area contributed by atoms with Crippen LogP contribution in [0.15, 0.2) is 146 Å². The molecule has 400 valence electrons. The van der Waals surface area contributed by atoms with Gasteiger partial charge >= 0.3 is 12.4 Å². The van der Waals surface area contributed by atoms with Crippen molar-refractivity contribution in [1.82, 2.24) is 30.0 Å². The van der Waals surface area contributed by atoms with Gasteiger partial charge in [-0.3, -0.25) is 24.7 Å². The quantitative estimate of drug-likeness (QED) is 0.0716. The standard InChI is InChI=1S/C28H31ClF3N3O.C19H24ClN3.C9H8BrF3O.ClH/c1-34(27(26-4-2-3-15-33-26)22-5-9-24(29)10-6-22)20-21-13-16-35(17-14-21)18-19-36-25-11-7-23(8-12-25)28(30,31)32;1-23(14-15-9-12-21-13-10-15)19(18-4-2-3-11-22-18)16-5-7-17(20)8-6-16;10-5-6-14-8-3-1-7(2-4-8)9(11,12)13;/h2-12,15,21,27H,13-14,16-20H2,1H3;2-8,11,15,19,21H,9-10,12-14H2,1H3;1-4H,5-6H2;1H. The van der Waals surface area contributed by atoms with Crippen molar-refractivity contribution in [1.29, 1.82) is 0 Å². The Hall–Kier alpha value is -4.45. The minimum absolute atomic E-state index is 0. The number of ether oxygens (including phenoxy) is 2. The number of pyridine rings is 2. The van der Waals surface area contributed by atoms with Crippen LogP contribution in [0.4, 0.5) is 26.3 Å². The molecule has 2 atom stereocenters. The largest absolute Gasteiger partial charge is 0.493 e. The molecule has 1 N–H and O–H groups in total. The maximum absolute atomic E-state index is 12.7. The van der Waals surface area contributed by atoms with Gasteiger partial charge in [-0.25, -0.2) is 0 Å². The Morgan fingerprint density at radius 2 is 1.00 bits per heavy atom. The lowest BCUT2D eigenvalue weighted by Gasteiger charge is -2.36. The minimum atomic E-state index is -4.33. The number of nitrogens with zero attached hydrogens (tertiary/aromatic N) is 5. The number of piperidine rings is 2. The summed E-state index contributed by atoms with van der Waals surface area (Å²) in [5.41, 5.74) is 3.18. The summed E-state index contributed by atoms with van der Waals surface area (Å²) < 4.78 is 85.2. The molecular formula is C56H64BrCl3F6N6O2. The maximum Gasteiger partial charge on any atom is 0.416 e. The van der Waals surface area contributed by atoms with Crippen molar-refractivity contribution < 1.29 is 35.8 Å². The van der Waals surface area contributed by atoms with Crippen LogP contribution in [0.5, 0.6) is 11.5 Å². The van der Waals surface area contributed by atoms with E-state index in [0.29, 0.717) is 36.0 Å². The molecule has 2 fully saturated rings. The van der Waals surface area contributed by atoms with Crippen molar-refractivity contribution in [2.24, 2.45) is 11.8 Å². The average Bonchev–Trinajstić information content (AvgIpc) is 3.39. The lowest BCUT2D eigenvalue weighted by atomic mass is 9.94. The molecule has 0 aliphatic carbocycles. The number of benzene rings is 4. The van der Waals surface area contributed by atoms with Gasteiger partial charge in [-0.2, -0.15) is 26.3 Å². The highest BCUT2D eigenvalue weighted by Gasteiger charge is 2.31. The number of likely N-dealkylation sites (tertiary alicyclic amines) is 1. The van der Waals surface area contributed by atoms with Crippen molar-refractivity contribution in [2.45, 2.75) is 50.1 Å². The van der Waals surface area contributed by atoms with E-state index in [0.717, 1.165) is 110 Å². The van der Waals surface area contributed by atoms with Crippen molar-refractivity contribution in [3.63, 3.8) is 0 Å². The molecule has 6 aromatic rings. The number of aromatic nitrogens is 2. The summed E-state index contributed by atoms with van der Waals surface area (Å²) in [6, 6.07) is 38.0. The fourth-order valence-electron chi connectivity index (χ4n) is 9.08. The highest BCUT2D eigenvalue weighted by atomic mass is 79.9.